The molecule has 0 bridgehead atoms. The van der Waals surface area contributed by atoms with E-state index >= 15 is 0 Å². The van der Waals surface area contributed by atoms with Crippen LogP contribution in [0.4, 0.5) is 0 Å². The summed E-state index contributed by atoms with van der Waals surface area (Å²) in [5.74, 6) is 0. The normalized spacial score (nSPS) is 11.2. The van der Waals surface area contributed by atoms with E-state index in [0.29, 0.717) is 66.1 Å². The molecule has 0 atom stereocenters. The molecule has 22 heavy (non-hydrogen) atoms. The van der Waals surface area contributed by atoms with Gasteiger partial charge < -0.3 is 28.4 Å². The molecule has 0 aromatic rings. The lowest BCUT2D eigenvalue weighted by molar-refractivity contribution is -0.0162. The standard InChI is InChI=1S/C16H34O6/c1-3-5-6-18-9-10-20-13-14-22-16-15-21-12-11-19-8-7-17-4-2/h3-16H2,1-2H3. The number of rotatable bonds is 19. The van der Waals surface area contributed by atoms with Crippen molar-refractivity contribution in [3.8, 4) is 0 Å². The van der Waals surface area contributed by atoms with E-state index in [1.165, 1.54) is 0 Å². The average molecular weight is 322 g/mol. The summed E-state index contributed by atoms with van der Waals surface area (Å²) in [6.07, 6.45) is 2.27. The Hall–Kier alpha value is -0.240. The first-order chi connectivity index (χ1) is 10.9. The monoisotopic (exact) mass is 322 g/mol. The largest absolute Gasteiger partial charge is 0.379 e. The van der Waals surface area contributed by atoms with Crippen LogP contribution in [0.3, 0.4) is 0 Å². The van der Waals surface area contributed by atoms with E-state index in [9.17, 15) is 0 Å². The Morgan fingerprint density at radius 3 is 1.05 bits per heavy atom. The molecule has 0 spiro atoms. The summed E-state index contributed by atoms with van der Waals surface area (Å²) in [6.45, 7) is 11.7. The van der Waals surface area contributed by atoms with Gasteiger partial charge >= 0.3 is 0 Å². The summed E-state index contributed by atoms with van der Waals surface area (Å²) in [6, 6.07) is 0. The Kier molecular flexibility index (Phi) is 20.5. The van der Waals surface area contributed by atoms with E-state index in [1.807, 2.05) is 6.92 Å². The number of hydrogen-bond donors (Lipinski definition) is 0. The van der Waals surface area contributed by atoms with Crippen molar-refractivity contribution in [2.24, 2.45) is 0 Å². The van der Waals surface area contributed by atoms with Crippen molar-refractivity contribution in [1.82, 2.24) is 0 Å². The van der Waals surface area contributed by atoms with Gasteiger partial charge in [-0.3, -0.25) is 0 Å². The minimum Gasteiger partial charge on any atom is -0.379 e. The zero-order valence-corrected chi connectivity index (χ0v) is 14.3. The van der Waals surface area contributed by atoms with Crippen LogP contribution in [-0.2, 0) is 28.4 Å². The molecule has 0 rings (SSSR count). The van der Waals surface area contributed by atoms with E-state index in [0.717, 1.165) is 26.1 Å². The lowest BCUT2D eigenvalue weighted by Gasteiger charge is -2.08. The Balaban J connectivity index is 2.91. The second-order valence-electron chi connectivity index (χ2n) is 4.61. The fraction of sp³-hybridized carbons (Fsp3) is 1.00. The predicted molar refractivity (Wildman–Crippen MR) is 85.5 cm³/mol. The van der Waals surface area contributed by atoms with Crippen molar-refractivity contribution in [3.05, 3.63) is 0 Å². The van der Waals surface area contributed by atoms with E-state index in [-0.39, 0.29) is 0 Å². The highest BCUT2D eigenvalue weighted by Gasteiger charge is 1.93. The van der Waals surface area contributed by atoms with Gasteiger partial charge in [0.15, 0.2) is 0 Å². The maximum Gasteiger partial charge on any atom is 0.0701 e. The van der Waals surface area contributed by atoms with Crippen molar-refractivity contribution in [2.45, 2.75) is 26.7 Å². The first-order valence-electron chi connectivity index (χ1n) is 8.38. The van der Waals surface area contributed by atoms with E-state index in [1.54, 1.807) is 0 Å². The van der Waals surface area contributed by atoms with Gasteiger partial charge in [-0.2, -0.15) is 0 Å². The van der Waals surface area contributed by atoms with Crippen LogP contribution >= 0.6 is 0 Å². The zero-order chi connectivity index (χ0) is 16.1. The maximum atomic E-state index is 5.39. The molecule has 134 valence electrons. The van der Waals surface area contributed by atoms with Crippen molar-refractivity contribution >= 4 is 0 Å². The molecule has 6 heteroatoms. The third-order valence-corrected chi connectivity index (χ3v) is 2.71. The Bertz CT molecular complexity index is 171. The number of unbranched alkanes of at least 4 members (excludes halogenated alkanes) is 1. The highest BCUT2D eigenvalue weighted by Crippen LogP contribution is 1.88. The van der Waals surface area contributed by atoms with Gasteiger partial charge in [0.05, 0.1) is 66.1 Å². The highest BCUT2D eigenvalue weighted by molar-refractivity contribution is 4.37. The van der Waals surface area contributed by atoms with Gasteiger partial charge in [0, 0.05) is 13.2 Å². The first kappa shape index (κ1) is 21.8. The molecular weight excluding hydrogens is 288 g/mol. The van der Waals surface area contributed by atoms with E-state index in [4.69, 9.17) is 28.4 Å². The lowest BCUT2D eigenvalue weighted by atomic mass is 10.4. The summed E-state index contributed by atoms with van der Waals surface area (Å²) >= 11 is 0. The van der Waals surface area contributed by atoms with Gasteiger partial charge in [-0.15, -0.1) is 0 Å². The molecule has 0 saturated heterocycles. The smallest absolute Gasteiger partial charge is 0.0701 e. The van der Waals surface area contributed by atoms with Gasteiger partial charge in [-0.05, 0) is 13.3 Å². The molecule has 0 unspecified atom stereocenters. The fourth-order valence-corrected chi connectivity index (χ4v) is 1.49. The van der Waals surface area contributed by atoms with Crippen LogP contribution in [-0.4, -0.2) is 79.3 Å². The second-order valence-corrected chi connectivity index (χ2v) is 4.61. The van der Waals surface area contributed by atoms with Crippen molar-refractivity contribution in [2.75, 3.05) is 79.3 Å². The van der Waals surface area contributed by atoms with Crippen LogP contribution in [0.2, 0.25) is 0 Å². The molecule has 0 aliphatic rings. The van der Waals surface area contributed by atoms with Crippen molar-refractivity contribution in [3.63, 3.8) is 0 Å². The summed E-state index contributed by atoms with van der Waals surface area (Å²) in [5, 5.41) is 0. The molecule has 0 aliphatic heterocycles. The first-order valence-corrected chi connectivity index (χ1v) is 8.38. The highest BCUT2D eigenvalue weighted by atomic mass is 16.6. The molecule has 0 aromatic carbocycles. The van der Waals surface area contributed by atoms with E-state index in [2.05, 4.69) is 6.92 Å². The third-order valence-electron chi connectivity index (χ3n) is 2.71. The molecular formula is C16H34O6. The Morgan fingerprint density at radius 2 is 0.727 bits per heavy atom. The summed E-state index contributed by atoms with van der Waals surface area (Å²) in [5.41, 5.74) is 0. The molecule has 6 nitrogen and oxygen atoms in total. The molecule has 0 N–H and O–H groups in total. The Labute approximate surface area is 135 Å². The zero-order valence-electron chi connectivity index (χ0n) is 14.3. The van der Waals surface area contributed by atoms with Crippen molar-refractivity contribution < 1.29 is 28.4 Å². The van der Waals surface area contributed by atoms with Crippen LogP contribution in [0.5, 0.6) is 0 Å². The van der Waals surface area contributed by atoms with Gasteiger partial charge in [0.25, 0.3) is 0 Å². The fourth-order valence-electron chi connectivity index (χ4n) is 1.49. The molecule has 0 heterocycles. The van der Waals surface area contributed by atoms with Crippen LogP contribution in [0.15, 0.2) is 0 Å². The Morgan fingerprint density at radius 1 is 0.409 bits per heavy atom. The molecule has 0 fully saturated rings. The number of ether oxygens (including phenoxy) is 6. The average Bonchev–Trinajstić information content (AvgIpc) is 2.54. The third kappa shape index (κ3) is 19.8. The minimum atomic E-state index is 0.578. The number of hydrogen-bond acceptors (Lipinski definition) is 6. The SMILES string of the molecule is CCCCOCCOCCOCCOCCOCCOCC. The van der Waals surface area contributed by atoms with Crippen LogP contribution in [0.1, 0.15) is 26.7 Å². The van der Waals surface area contributed by atoms with Crippen LogP contribution in [0.25, 0.3) is 0 Å². The molecule has 0 saturated carbocycles. The summed E-state index contributed by atoms with van der Waals surface area (Å²) in [7, 11) is 0. The second kappa shape index (κ2) is 20.8. The molecule has 0 aromatic heterocycles. The lowest BCUT2D eigenvalue weighted by Crippen LogP contribution is -2.14. The van der Waals surface area contributed by atoms with Gasteiger partial charge in [0.2, 0.25) is 0 Å². The quantitative estimate of drug-likeness (QED) is 0.339. The van der Waals surface area contributed by atoms with Gasteiger partial charge in [-0.25, -0.2) is 0 Å². The summed E-state index contributed by atoms with van der Waals surface area (Å²) in [4.78, 5) is 0. The topological polar surface area (TPSA) is 55.4 Å². The van der Waals surface area contributed by atoms with Crippen LogP contribution in [0, 0.1) is 0 Å². The molecule has 0 aliphatic carbocycles. The van der Waals surface area contributed by atoms with Crippen molar-refractivity contribution in [1.29, 1.82) is 0 Å². The van der Waals surface area contributed by atoms with E-state index < -0.39 is 0 Å². The van der Waals surface area contributed by atoms with Gasteiger partial charge in [-0.1, -0.05) is 13.3 Å². The minimum absolute atomic E-state index is 0.578. The summed E-state index contributed by atoms with van der Waals surface area (Å²) < 4.78 is 32.0. The predicted octanol–water partition coefficient (Wildman–Crippen LogP) is 1.91. The van der Waals surface area contributed by atoms with Crippen LogP contribution < -0.4 is 0 Å². The maximum absolute atomic E-state index is 5.39. The molecule has 0 amide bonds. The molecule has 0 radical (unpaired) electrons. The van der Waals surface area contributed by atoms with Gasteiger partial charge in [0.1, 0.15) is 0 Å².